The lowest BCUT2D eigenvalue weighted by atomic mass is 9.96. The Morgan fingerprint density at radius 3 is 2.41 bits per heavy atom. The van der Waals surface area contributed by atoms with Gasteiger partial charge in [-0.05, 0) is 80.2 Å². The Morgan fingerprint density at radius 1 is 0.971 bits per heavy atom. The number of pyridine rings is 1. The predicted molar refractivity (Wildman–Crippen MR) is 137 cm³/mol. The van der Waals surface area contributed by atoms with Crippen molar-refractivity contribution >= 4 is 29.0 Å². The number of aryl methyl sites for hydroxylation is 1. The van der Waals surface area contributed by atoms with Gasteiger partial charge in [-0.1, -0.05) is 30.3 Å². The summed E-state index contributed by atoms with van der Waals surface area (Å²) >= 11 is 5.81. The molecule has 0 bridgehead atoms. The first-order valence-corrected chi connectivity index (χ1v) is 11.4. The first-order valence-electron chi connectivity index (χ1n) is 11.0. The number of para-hydroxylation sites is 1. The molecule has 1 aliphatic rings. The number of hydrogen-bond donors (Lipinski definition) is 2. The molecule has 4 aromatic rings. The van der Waals surface area contributed by atoms with Gasteiger partial charge in [0.1, 0.15) is 0 Å². The zero-order valence-corrected chi connectivity index (χ0v) is 19.7. The highest BCUT2D eigenvalue weighted by atomic mass is 32.1. The van der Waals surface area contributed by atoms with Crippen molar-refractivity contribution in [2.45, 2.75) is 25.9 Å². The van der Waals surface area contributed by atoms with Crippen molar-refractivity contribution in [3.63, 3.8) is 0 Å². The Morgan fingerprint density at radius 2 is 1.71 bits per heavy atom. The molecule has 6 nitrogen and oxygen atoms in total. The lowest BCUT2D eigenvalue weighted by molar-refractivity contribution is 0.0697. The maximum absolute atomic E-state index is 11.6. The van der Waals surface area contributed by atoms with Gasteiger partial charge in [0.05, 0.1) is 23.3 Å². The molecule has 2 atom stereocenters. The molecule has 170 valence electrons. The van der Waals surface area contributed by atoms with Crippen LogP contribution in [0.3, 0.4) is 0 Å². The molecule has 5 rings (SSSR count). The van der Waals surface area contributed by atoms with Crippen LogP contribution >= 0.6 is 12.2 Å². The van der Waals surface area contributed by atoms with Crippen molar-refractivity contribution in [2.75, 3.05) is 4.90 Å². The average molecular weight is 469 g/mol. The van der Waals surface area contributed by atoms with E-state index in [9.17, 15) is 9.90 Å². The molecule has 1 saturated heterocycles. The van der Waals surface area contributed by atoms with E-state index in [2.05, 4.69) is 44.9 Å². The van der Waals surface area contributed by atoms with Gasteiger partial charge in [-0.15, -0.1) is 0 Å². The molecule has 3 heterocycles. The molecule has 34 heavy (non-hydrogen) atoms. The summed E-state index contributed by atoms with van der Waals surface area (Å²) in [6.07, 6.45) is 1.79. The molecule has 0 aliphatic carbocycles. The first kappa shape index (κ1) is 21.9. The van der Waals surface area contributed by atoms with Gasteiger partial charge >= 0.3 is 5.97 Å². The van der Waals surface area contributed by atoms with E-state index in [1.54, 1.807) is 24.4 Å². The maximum atomic E-state index is 11.6. The van der Waals surface area contributed by atoms with E-state index < -0.39 is 5.97 Å². The van der Waals surface area contributed by atoms with Gasteiger partial charge in [0, 0.05) is 29.0 Å². The largest absolute Gasteiger partial charge is 0.478 e. The van der Waals surface area contributed by atoms with E-state index in [-0.39, 0.29) is 17.6 Å². The van der Waals surface area contributed by atoms with Crippen LogP contribution in [0.1, 0.15) is 45.1 Å². The summed E-state index contributed by atoms with van der Waals surface area (Å²) in [5.41, 5.74) is 6.12. The minimum absolute atomic E-state index is 0.132. The SMILES string of the molecule is Cc1cc([C@@H]2[C@@H](c3ccccn3)NC(=S)N2c2ccccc2)c(C)n1-c1cccc(C(=O)O)c1. The van der Waals surface area contributed by atoms with Gasteiger partial charge in [0.2, 0.25) is 0 Å². The second kappa shape index (κ2) is 8.76. The van der Waals surface area contributed by atoms with Gasteiger partial charge in [0.25, 0.3) is 0 Å². The van der Waals surface area contributed by atoms with Crippen LogP contribution in [0.4, 0.5) is 5.69 Å². The van der Waals surface area contributed by atoms with Crippen LogP contribution in [0.25, 0.3) is 5.69 Å². The van der Waals surface area contributed by atoms with Crippen molar-refractivity contribution in [2.24, 2.45) is 0 Å². The Balaban J connectivity index is 1.67. The monoisotopic (exact) mass is 468 g/mol. The number of nitrogens with one attached hydrogen (secondary N) is 1. The molecule has 7 heteroatoms. The molecule has 0 radical (unpaired) electrons. The van der Waals surface area contributed by atoms with Gasteiger partial charge < -0.3 is 19.9 Å². The van der Waals surface area contributed by atoms with Gasteiger partial charge in [0.15, 0.2) is 5.11 Å². The number of nitrogens with zero attached hydrogens (tertiary/aromatic N) is 3. The molecule has 1 aliphatic heterocycles. The number of aromatic nitrogens is 2. The van der Waals surface area contributed by atoms with Gasteiger partial charge in [-0.2, -0.15) is 0 Å². The Labute approximate surface area is 203 Å². The third kappa shape index (κ3) is 3.74. The maximum Gasteiger partial charge on any atom is 0.335 e. The van der Waals surface area contributed by atoms with E-state index in [1.807, 2.05) is 49.4 Å². The van der Waals surface area contributed by atoms with Crippen LogP contribution in [0.5, 0.6) is 0 Å². The summed E-state index contributed by atoms with van der Waals surface area (Å²) < 4.78 is 2.10. The predicted octanol–water partition coefficient (Wildman–Crippen LogP) is 5.36. The molecule has 2 aromatic carbocycles. The van der Waals surface area contributed by atoms with E-state index in [0.717, 1.165) is 34.0 Å². The third-order valence-electron chi connectivity index (χ3n) is 6.27. The van der Waals surface area contributed by atoms with Crippen LogP contribution < -0.4 is 10.2 Å². The molecule has 0 spiro atoms. The summed E-state index contributed by atoms with van der Waals surface area (Å²) in [5, 5.41) is 13.6. The zero-order valence-electron chi connectivity index (χ0n) is 18.8. The minimum Gasteiger partial charge on any atom is -0.478 e. The van der Waals surface area contributed by atoms with Crippen molar-refractivity contribution in [3.05, 3.63) is 113 Å². The van der Waals surface area contributed by atoms with Gasteiger partial charge in [-0.25, -0.2) is 4.79 Å². The van der Waals surface area contributed by atoms with Crippen LogP contribution in [0.15, 0.2) is 85.1 Å². The fourth-order valence-electron chi connectivity index (χ4n) is 4.80. The van der Waals surface area contributed by atoms with Crippen molar-refractivity contribution < 1.29 is 9.90 Å². The van der Waals surface area contributed by atoms with Crippen LogP contribution in [0, 0.1) is 13.8 Å². The van der Waals surface area contributed by atoms with Crippen molar-refractivity contribution in [1.82, 2.24) is 14.9 Å². The molecule has 0 saturated carbocycles. The van der Waals surface area contributed by atoms with E-state index in [1.165, 1.54) is 0 Å². The van der Waals surface area contributed by atoms with Crippen LogP contribution in [0.2, 0.25) is 0 Å². The zero-order chi connectivity index (χ0) is 23.8. The van der Waals surface area contributed by atoms with E-state index in [4.69, 9.17) is 12.2 Å². The normalized spacial score (nSPS) is 17.6. The summed E-state index contributed by atoms with van der Waals surface area (Å²) in [5.74, 6) is -0.944. The topological polar surface area (TPSA) is 70.4 Å². The Bertz CT molecular complexity index is 1370. The first-order chi connectivity index (χ1) is 16.5. The number of thiocarbonyl (C=S) groups is 1. The number of benzene rings is 2. The number of aromatic carboxylic acids is 1. The summed E-state index contributed by atoms with van der Waals surface area (Å²) in [4.78, 5) is 18.3. The average Bonchev–Trinajstić information content (AvgIpc) is 3.35. The fourth-order valence-corrected chi connectivity index (χ4v) is 5.15. The molecule has 1 fully saturated rings. The molecular formula is C27H24N4O2S. The number of anilines is 1. The molecule has 0 unspecified atom stereocenters. The number of carbonyl (C=O) groups is 1. The molecule has 2 N–H and O–H groups in total. The lowest BCUT2D eigenvalue weighted by Gasteiger charge is -2.28. The number of carboxylic acids is 1. The Hall–Kier alpha value is -3.97. The lowest BCUT2D eigenvalue weighted by Crippen LogP contribution is -2.29. The van der Waals surface area contributed by atoms with Crippen molar-refractivity contribution in [1.29, 1.82) is 0 Å². The summed E-state index contributed by atoms with van der Waals surface area (Å²) in [7, 11) is 0. The smallest absolute Gasteiger partial charge is 0.335 e. The number of carboxylic acid groups (broad SMARTS) is 1. The fraction of sp³-hybridized carbons (Fsp3) is 0.148. The number of rotatable bonds is 5. The quantitative estimate of drug-likeness (QED) is 0.384. The van der Waals surface area contributed by atoms with E-state index in [0.29, 0.717) is 5.11 Å². The molecule has 2 aromatic heterocycles. The number of hydrogen-bond acceptors (Lipinski definition) is 3. The highest BCUT2D eigenvalue weighted by Crippen LogP contribution is 2.43. The Kier molecular flexibility index (Phi) is 5.63. The van der Waals surface area contributed by atoms with Crippen LogP contribution in [-0.4, -0.2) is 25.7 Å². The third-order valence-corrected chi connectivity index (χ3v) is 6.59. The molecule has 0 amide bonds. The summed E-state index contributed by atoms with van der Waals surface area (Å²) in [6, 6.07) is 24.9. The van der Waals surface area contributed by atoms with E-state index >= 15 is 0 Å². The van der Waals surface area contributed by atoms with Crippen molar-refractivity contribution in [3.8, 4) is 5.69 Å². The highest BCUT2D eigenvalue weighted by Gasteiger charge is 2.42. The second-order valence-corrected chi connectivity index (χ2v) is 8.74. The van der Waals surface area contributed by atoms with Gasteiger partial charge in [-0.3, -0.25) is 4.98 Å². The van der Waals surface area contributed by atoms with Crippen LogP contribution in [-0.2, 0) is 0 Å². The minimum atomic E-state index is -0.944. The standard InChI is InChI=1S/C27H24N4O2S/c1-17-15-22(18(2)30(17)21-12-8-9-19(16-21)26(32)33)25-24(23-13-6-7-14-28-23)29-27(34)31(25)20-10-4-3-5-11-20/h3-16,24-25H,1-2H3,(H,29,34)(H,32,33)/t24-,25-/m1/s1. The molecular weight excluding hydrogens is 444 g/mol. The summed E-state index contributed by atoms with van der Waals surface area (Å²) in [6.45, 7) is 4.10. The second-order valence-electron chi connectivity index (χ2n) is 8.35. The highest BCUT2D eigenvalue weighted by molar-refractivity contribution is 7.80.